The van der Waals surface area contributed by atoms with E-state index in [9.17, 15) is 9.59 Å². The van der Waals surface area contributed by atoms with E-state index in [4.69, 9.17) is 17.0 Å². The lowest BCUT2D eigenvalue weighted by Crippen LogP contribution is -2.49. The summed E-state index contributed by atoms with van der Waals surface area (Å²) in [6.45, 7) is 5.61. The lowest BCUT2D eigenvalue weighted by atomic mass is 10.1. The Morgan fingerprint density at radius 1 is 1.04 bits per heavy atom. The van der Waals surface area contributed by atoms with Gasteiger partial charge in [0, 0.05) is 9.13 Å². The molecule has 0 saturated heterocycles. The van der Waals surface area contributed by atoms with Gasteiger partial charge in [-0.2, -0.15) is 0 Å². The zero-order valence-electron chi connectivity index (χ0n) is 15.2. The number of thiocarbonyl (C=S) groups is 1. The van der Waals surface area contributed by atoms with Gasteiger partial charge in [0.05, 0.1) is 0 Å². The molecule has 27 heavy (non-hydrogen) atoms. The quantitative estimate of drug-likeness (QED) is 0.344. The Labute approximate surface area is 177 Å². The van der Waals surface area contributed by atoms with Crippen molar-refractivity contribution in [2.75, 3.05) is 6.61 Å². The third kappa shape index (κ3) is 6.17. The first kappa shape index (κ1) is 21.1. The zero-order valence-corrected chi connectivity index (χ0v) is 18.2. The number of halogens is 1. The number of rotatable bonds is 4. The van der Waals surface area contributed by atoms with Gasteiger partial charge in [-0.15, -0.1) is 0 Å². The molecule has 8 heteroatoms. The van der Waals surface area contributed by atoms with Crippen molar-refractivity contribution in [1.82, 2.24) is 16.2 Å². The number of hydrogen-bond donors (Lipinski definition) is 3. The highest BCUT2D eigenvalue weighted by molar-refractivity contribution is 14.1. The van der Waals surface area contributed by atoms with Crippen LogP contribution >= 0.6 is 34.8 Å². The van der Waals surface area contributed by atoms with Crippen LogP contribution in [0.15, 0.2) is 36.4 Å². The summed E-state index contributed by atoms with van der Waals surface area (Å²) < 4.78 is 6.54. The minimum absolute atomic E-state index is 0.00370. The Hall–Kier alpha value is -2.20. The summed E-state index contributed by atoms with van der Waals surface area (Å²) in [5, 5.41) is 2.51. The molecule has 2 rings (SSSR count). The fourth-order valence-corrected chi connectivity index (χ4v) is 2.93. The zero-order chi connectivity index (χ0) is 20.0. The fraction of sp³-hybridized carbons (Fsp3) is 0.211. The summed E-state index contributed by atoms with van der Waals surface area (Å²) in [6, 6.07) is 11.1. The number of amides is 2. The third-order valence-electron chi connectivity index (χ3n) is 3.73. The van der Waals surface area contributed by atoms with Crippen LogP contribution in [-0.4, -0.2) is 23.5 Å². The van der Waals surface area contributed by atoms with Crippen molar-refractivity contribution in [2.24, 2.45) is 0 Å². The van der Waals surface area contributed by atoms with Crippen LogP contribution in [0, 0.1) is 24.3 Å². The molecule has 2 aromatic rings. The van der Waals surface area contributed by atoms with Gasteiger partial charge in [0.1, 0.15) is 5.75 Å². The van der Waals surface area contributed by atoms with Gasteiger partial charge in [-0.1, -0.05) is 24.3 Å². The molecule has 0 heterocycles. The summed E-state index contributed by atoms with van der Waals surface area (Å²) in [7, 11) is 0. The Morgan fingerprint density at radius 3 is 2.33 bits per heavy atom. The number of aryl methyl sites for hydroxylation is 3. The summed E-state index contributed by atoms with van der Waals surface area (Å²) in [4.78, 5) is 24.1. The Bertz CT molecular complexity index is 866. The SMILES string of the molecule is Cc1ccc(C(=O)NC(=S)NNC(=O)COc2c(C)cccc2C)cc1I. The largest absolute Gasteiger partial charge is 0.483 e. The molecule has 6 nitrogen and oxygen atoms in total. The van der Waals surface area contributed by atoms with Crippen molar-refractivity contribution < 1.29 is 14.3 Å². The first-order chi connectivity index (χ1) is 12.8. The first-order valence-corrected chi connectivity index (χ1v) is 9.62. The van der Waals surface area contributed by atoms with Crippen molar-refractivity contribution in [2.45, 2.75) is 20.8 Å². The second-order valence-corrected chi connectivity index (χ2v) is 7.50. The van der Waals surface area contributed by atoms with Gasteiger partial charge in [-0.05, 0) is 84.4 Å². The molecule has 0 atom stereocenters. The van der Waals surface area contributed by atoms with Crippen LogP contribution in [0.25, 0.3) is 0 Å². The van der Waals surface area contributed by atoms with E-state index in [1.54, 1.807) is 12.1 Å². The van der Waals surface area contributed by atoms with Crippen LogP contribution in [0.1, 0.15) is 27.0 Å². The van der Waals surface area contributed by atoms with Crippen molar-refractivity contribution >= 4 is 51.7 Å². The lowest BCUT2D eigenvalue weighted by Gasteiger charge is -2.13. The predicted octanol–water partition coefficient (Wildman–Crippen LogP) is 2.93. The summed E-state index contributed by atoms with van der Waals surface area (Å²) >= 11 is 7.19. The van der Waals surface area contributed by atoms with Crippen LogP contribution in [-0.2, 0) is 4.79 Å². The molecular formula is C19H20IN3O3S. The van der Waals surface area contributed by atoms with Crippen molar-refractivity contribution in [3.8, 4) is 5.75 Å². The number of carbonyl (C=O) groups is 2. The number of para-hydroxylation sites is 1. The van der Waals surface area contributed by atoms with Gasteiger partial charge in [0.2, 0.25) is 0 Å². The number of benzene rings is 2. The normalized spacial score (nSPS) is 10.1. The molecular weight excluding hydrogens is 477 g/mol. The van der Waals surface area contributed by atoms with E-state index in [1.165, 1.54) is 0 Å². The van der Waals surface area contributed by atoms with E-state index in [1.807, 2.05) is 45.0 Å². The highest BCUT2D eigenvalue weighted by Gasteiger charge is 2.11. The van der Waals surface area contributed by atoms with Crippen LogP contribution < -0.4 is 20.9 Å². The van der Waals surface area contributed by atoms with Gasteiger partial charge < -0.3 is 4.74 Å². The molecule has 0 aliphatic heterocycles. The molecule has 0 bridgehead atoms. The highest BCUT2D eigenvalue weighted by atomic mass is 127. The Balaban J connectivity index is 1.80. The Kier molecular flexibility index (Phi) is 7.55. The maximum Gasteiger partial charge on any atom is 0.276 e. The fourth-order valence-electron chi connectivity index (χ4n) is 2.27. The second-order valence-electron chi connectivity index (χ2n) is 5.93. The van der Waals surface area contributed by atoms with Crippen molar-refractivity contribution in [1.29, 1.82) is 0 Å². The van der Waals surface area contributed by atoms with Crippen LogP contribution in [0.4, 0.5) is 0 Å². The maximum atomic E-state index is 12.2. The minimum atomic E-state index is -0.417. The second kappa shape index (κ2) is 9.65. The predicted molar refractivity (Wildman–Crippen MR) is 117 cm³/mol. The standard InChI is InChI=1S/C19H20IN3O3S/c1-11-7-8-14(9-15(11)20)18(25)21-19(27)23-22-16(24)10-26-17-12(2)5-4-6-13(17)3/h4-9H,10H2,1-3H3,(H,22,24)(H2,21,23,25,27). The van der Waals surface area contributed by atoms with Crippen LogP contribution in [0.2, 0.25) is 0 Å². The number of carbonyl (C=O) groups excluding carboxylic acids is 2. The molecule has 2 amide bonds. The molecule has 142 valence electrons. The summed E-state index contributed by atoms with van der Waals surface area (Å²) in [5.74, 6) is -0.0944. The van der Waals surface area contributed by atoms with Crippen molar-refractivity contribution in [3.63, 3.8) is 0 Å². The molecule has 3 N–H and O–H groups in total. The summed E-state index contributed by atoms with van der Waals surface area (Å²) in [5.41, 5.74) is 8.36. The van der Waals surface area contributed by atoms with Crippen molar-refractivity contribution in [3.05, 3.63) is 62.2 Å². The van der Waals surface area contributed by atoms with Gasteiger partial charge in [-0.3, -0.25) is 25.8 Å². The van der Waals surface area contributed by atoms with E-state index < -0.39 is 5.91 Å². The average Bonchev–Trinajstić information content (AvgIpc) is 2.61. The van der Waals surface area contributed by atoms with E-state index >= 15 is 0 Å². The van der Waals surface area contributed by atoms with E-state index in [0.29, 0.717) is 11.3 Å². The molecule has 0 fully saturated rings. The number of nitrogens with one attached hydrogen (secondary N) is 3. The van der Waals surface area contributed by atoms with Gasteiger partial charge >= 0.3 is 0 Å². The first-order valence-electron chi connectivity index (χ1n) is 8.13. The maximum absolute atomic E-state index is 12.2. The average molecular weight is 497 g/mol. The minimum Gasteiger partial charge on any atom is -0.483 e. The third-order valence-corrected chi connectivity index (χ3v) is 5.10. The number of hydrogen-bond acceptors (Lipinski definition) is 4. The topological polar surface area (TPSA) is 79.5 Å². The monoisotopic (exact) mass is 497 g/mol. The van der Waals surface area contributed by atoms with Gasteiger partial charge in [-0.25, -0.2) is 0 Å². The molecule has 0 aliphatic carbocycles. The molecule has 0 saturated carbocycles. The molecule has 0 aromatic heterocycles. The molecule has 0 radical (unpaired) electrons. The highest BCUT2D eigenvalue weighted by Crippen LogP contribution is 2.21. The van der Waals surface area contributed by atoms with Gasteiger partial charge in [0.15, 0.2) is 11.7 Å². The summed E-state index contributed by atoms with van der Waals surface area (Å²) in [6.07, 6.45) is 0. The molecule has 2 aromatic carbocycles. The van der Waals surface area contributed by atoms with Crippen LogP contribution in [0.3, 0.4) is 0 Å². The molecule has 0 spiro atoms. The van der Waals surface area contributed by atoms with E-state index in [-0.39, 0.29) is 17.6 Å². The molecule has 0 aliphatic rings. The lowest BCUT2D eigenvalue weighted by molar-refractivity contribution is -0.123. The van der Waals surface area contributed by atoms with Crippen LogP contribution in [0.5, 0.6) is 5.75 Å². The van der Waals surface area contributed by atoms with Gasteiger partial charge in [0.25, 0.3) is 11.8 Å². The number of ether oxygens (including phenoxy) is 1. The van der Waals surface area contributed by atoms with E-state index in [0.717, 1.165) is 20.3 Å². The smallest absolute Gasteiger partial charge is 0.276 e. The molecule has 0 unspecified atom stereocenters. The van der Waals surface area contributed by atoms with E-state index in [2.05, 4.69) is 38.8 Å². The Morgan fingerprint density at radius 2 is 1.70 bits per heavy atom. The number of hydrazine groups is 1.